The van der Waals surface area contributed by atoms with Crippen LogP contribution in [-0.2, 0) is 6.61 Å². The normalized spacial score (nSPS) is 10.1. The van der Waals surface area contributed by atoms with Gasteiger partial charge in [0.15, 0.2) is 0 Å². The summed E-state index contributed by atoms with van der Waals surface area (Å²) in [6.45, 7) is -0.0850. The lowest BCUT2D eigenvalue weighted by Gasteiger charge is -2.06. The van der Waals surface area contributed by atoms with Crippen LogP contribution in [0.1, 0.15) is 5.56 Å². The van der Waals surface area contributed by atoms with E-state index in [0.717, 1.165) is 0 Å². The fourth-order valence-electron chi connectivity index (χ4n) is 1.23. The van der Waals surface area contributed by atoms with Crippen LogP contribution < -0.4 is 4.74 Å². The number of benzene rings is 1. The first-order chi connectivity index (χ1) is 7.79. The van der Waals surface area contributed by atoms with E-state index in [9.17, 15) is 0 Å². The summed E-state index contributed by atoms with van der Waals surface area (Å²) in [6.07, 6.45) is 1.53. The van der Waals surface area contributed by atoms with Crippen molar-refractivity contribution in [2.75, 3.05) is 0 Å². The second kappa shape index (κ2) is 4.96. The molecule has 3 nitrogen and oxygen atoms in total. The number of aliphatic hydroxyl groups is 1. The Kier molecular flexibility index (Phi) is 3.39. The number of hydrogen-bond acceptors (Lipinski definition) is 3. The molecule has 0 radical (unpaired) electrons. The largest absolute Gasteiger partial charge is 0.438 e. The van der Waals surface area contributed by atoms with E-state index in [2.05, 4.69) is 4.98 Å². The van der Waals surface area contributed by atoms with Crippen molar-refractivity contribution in [3.63, 3.8) is 0 Å². The van der Waals surface area contributed by atoms with Crippen molar-refractivity contribution in [1.82, 2.24) is 4.98 Å². The summed E-state index contributed by atoms with van der Waals surface area (Å²) in [5.41, 5.74) is 0.658. The predicted molar refractivity (Wildman–Crippen MR) is 61.7 cm³/mol. The maximum Gasteiger partial charge on any atom is 0.238 e. The standard InChI is InChI=1S/C12H10ClNO2/c13-11-6-9(8-15)7-14-12(11)16-10-4-2-1-3-5-10/h1-7,15H,8H2. The number of hydrogen-bond donors (Lipinski definition) is 1. The molecule has 0 atom stereocenters. The van der Waals surface area contributed by atoms with Gasteiger partial charge < -0.3 is 9.84 Å². The molecule has 0 amide bonds. The van der Waals surface area contributed by atoms with Gasteiger partial charge in [0.05, 0.1) is 6.61 Å². The molecule has 16 heavy (non-hydrogen) atoms. The molecule has 0 saturated carbocycles. The fourth-order valence-corrected chi connectivity index (χ4v) is 1.45. The van der Waals surface area contributed by atoms with Gasteiger partial charge in [-0.3, -0.25) is 0 Å². The van der Waals surface area contributed by atoms with Crippen molar-refractivity contribution in [1.29, 1.82) is 0 Å². The van der Waals surface area contributed by atoms with E-state index >= 15 is 0 Å². The van der Waals surface area contributed by atoms with Crippen LogP contribution in [0.3, 0.4) is 0 Å². The molecule has 0 aliphatic carbocycles. The minimum Gasteiger partial charge on any atom is -0.438 e. The van der Waals surface area contributed by atoms with Gasteiger partial charge in [0, 0.05) is 6.20 Å². The molecular weight excluding hydrogens is 226 g/mol. The van der Waals surface area contributed by atoms with Crippen molar-refractivity contribution in [3.05, 3.63) is 53.2 Å². The highest BCUT2D eigenvalue weighted by Gasteiger charge is 2.05. The Morgan fingerprint density at radius 1 is 1.25 bits per heavy atom. The number of ether oxygens (including phenoxy) is 1. The lowest BCUT2D eigenvalue weighted by atomic mass is 10.3. The topological polar surface area (TPSA) is 42.4 Å². The van der Waals surface area contributed by atoms with Gasteiger partial charge in [-0.1, -0.05) is 29.8 Å². The smallest absolute Gasteiger partial charge is 0.238 e. The summed E-state index contributed by atoms with van der Waals surface area (Å²) in [6, 6.07) is 10.9. The molecule has 2 aromatic rings. The van der Waals surface area contributed by atoms with Crippen LogP contribution in [0.5, 0.6) is 11.6 Å². The molecule has 1 heterocycles. The Labute approximate surface area is 98.3 Å². The monoisotopic (exact) mass is 235 g/mol. The van der Waals surface area contributed by atoms with Crippen molar-refractivity contribution in [2.24, 2.45) is 0 Å². The third kappa shape index (κ3) is 2.51. The Morgan fingerprint density at radius 2 is 2.00 bits per heavy atom. The van der Waals surface area contributed by atoms with Gasteiger partial charge in [0.2, 0.25) is 5.88 Å². The summed E-state index contributed by atoms with van der Waals surface area (Å²) in [4.78, 5) is 4.03. The van der Waals surface area contributed by atoms with Crippen molar-refractivity contribution in [2.45, 2.75) is 6.61 Å². The van der Waals surface area contributed by atoms with Crippen molar-refractivity contribution in [3.8, 4) is 11.6 Å². The Hall–Kier alpha value is -1.58. The molecule has 0 aliphatic heterocycles. The minimum atomic E-state index is -0.0850. The van der Waals surface area contributed by atoms with Gasteiger partial charge in [-0.25, -0.2) is 4.98 Å². The van der Waals surface area contributed by atoms with Gasteiger partial charge in [-0.05, 0) is 23.8 Å². The Balaban J connectivity index is 2.22. The Bertz CT molecular complexity index is 474. The summed E-state index contributed by atoms with van der Waals surface area (Å²) in [5, 5.41) is 9.29. The maximum absolute atomic E-state index is 8.90. The predicted octanol–water partition coefficient (Wildman–Crippen LogP) is 3.02. The molecule has 4 heteroatoms. The average Bonchev–Trinajstić information content (AvgIpc) is 2.33. The molecule has 1 aromatic heterocycles. The zero-order valence-corrected chi connectivity index (χ0v) is 9.19. The number of pyridine rings is 1. The highest BCUT2D eigenvalue weighted by atomic mass is 35.5. The quantitative estimate of drug-likeness (QED) is 0.889. The number of rotatable bonds is 3. The summed E-state index contributed by atoms with van der Waals surface area (Å²) in [5.74, 6) is 1.01. The first-order valence-electron chi connectivity index (χ1n) is 4.78. The molecule has 0 spiro atoms. The van der Waals surface area contributed by atoms with Gasteiger partial charge in [-0.2, -0.15) is 0 Å². The highest BCUT2D eigenvalue weighted by Crippen LogP contribution is 2.27. The third-order valence-corrected chi connectivity index (χ3v) is 2.28. The SMILES string of the molecule is OCc1cnc(Oc2ccccc2)c(Cl)c1. The lowest BCUT2D eigenvalue weighted by Crippen LogP contribution is -1.91. The van der Waals surface area contributed by atoms with E-state index in [1.807, 2.05) is 30.3 Å². The number of para-hydroxylation sites is 1. The molecule has 0 fully saturated rings. The van der Waals surface area contributed by atoms with Crippen LogP contribution >= 0.6 is 11.6 Å². The highest BCUT2D eigenvalue weighted by molar-refractivity contribution is 6.31. The molecule has 0 bridgehead atoms. The van der Waals surface area contributed by atoms with Gasteiger partial charge in [-0.15, -0.1) is 0 Å². The second-order valence-corrected chi connectivity index (χ2v) is 3.61. The molecule has 1 aromatic carbocycles. The van der Waals surface area contributed by atoms with Crippen LogP contribution in [0.25, 0.3) is 0 Å². The second-order valence-electron chi connectivity index (χ2n) is 3.20. The number of nitrogens with zero attached hydrogens (tertiary/aromatic N) is 1. The fraction of sp³-hybridized carbons (Fsp3) is 0.0833. The minimum absolute atomic E-state index is 0.0850. The average molecular weight is 236 g/mol. The van der Waals surface area contributed by atoms with E-state index in [0.29, 0.717) is 22.2 Å². The first kappa shape index (κ1) is 10.9. The van der Waals surface area contributed by atoms with E-state index in [4.69, 9.17) is 21.4 Å². The van der Waals surface area contributed by atoms with Gasteiger partial charge in [0.1, 0.15) is 10.8 Å². The summed E-state index contributed by atoms with van der Waals surface area (Å²) in [7, 11) is 0. The molecule has 1 N–H and O–H groups in total. The van der Waals surface area contributed by atoms with Crippen LogP contribution in [0.4, 0.5) is 0 Å². The maximum atomic E-state index is 8.90. The Morgan fingerprint density at radius 3 is 2.62 bits per heavy atom. The van der Waals surface area contributed by atoms with Crippen LogP contribution in [0, 0.1) is 0 Å². The number of aliphatic hydroxyl groups excluding tert-OH is 1. The van der Waals surface area contributed by atoms with Gasteiger partial charge in [0.25, 0.3) is 0 Å². The molecule has 82 valence electrons. The number of aromatic nitrogens is 1. The molecule has 0 saturated heterocycles. The molecular formula is C12H10ClNO2. The van der Waals surface area contributed by atoms with Crippen molar-refractivity contribution < 1.29 is 9.84 Å². The molecule has 0 aliphatic rings. The van der Waals surface area contributed by atoms with Crippen LogP contribution in [-0.4, -0.2) is 10.1 Å². The molecule has 2 rings (SSSR count). The van der Waals surface area contributed by atoms with E-state index in [-0.39, 0.29) is 6.61 Å². The van der Waals surface area contributed by atoms with E-state index < -0.39 is 0 Å². The van der Waals surface area contributed by atoms with Gasteiger partial charge >= 0.3 is 0 Å². The zero-order valence-electron chi connectivity index (χ0n) is 8.43. The molecule has 0 unspecified atom stereocenters. The van der Waals surface area contributed by atoms with E-state index in [1.54, 1.807) is 6.07 Å². The van der Waals surface area contributed by atoms with Crippen LogP contribution in [0.15, 0.2) is 42.6 Å². The zero-order chi connectivity index (χ0) is 11.4. The summed E-state index contributed by atoms with van der Waals surface area (Å²) < 4.78 is 5.48. The first-order valence-corrected chi connectivity index (χ1v) is 5.15. The van der Waals surface area contributed by atoms with Crippen molar-refractivity contribution >= 4 is 11.6 Å². The third-order valence-electron chi connectivity index (χ3n) is 2.00. The summed E-state index contributed by atoms with van der Waals surface area (Å²) >= 11 is 5.96. The van der Waals surface area contributed by atoms with E-state index in [1.165, 1.54) is 6.20 Å². The van der Waals surface area contributed by atoms with Crippen LogP contribution in [0.2, 0.25) is 5.02 Å². The number of halogens is 1. The lowest BCUT2D eigenvalue weighted by molar-refractivity contribution is 0.281.